The SMILES string of the molecule is COc1cc(NC=O)ccc1C. The molecule has 0 aliphatic rings. The van der Waals surface area contributed by atoms with Crippen molar-refractivity contribution in [3.05, 3.63) is 23.8 Å². The van der Waals surface area contributed by atoms with Crippen LogP contribution in [0.25, 0.3) is 0 Å². The van der Waals surface area contributed by atoms with Gasteiger partial charge in [-0.05, 0) is 18.6 Å². The van der Waals surface area contributed by atoms with E-state index in [1.165, 1.54) is 0 Å². The molecular formula is C9H11NO2. The molecule has 0 fully saturated rings. The van der Waals surface area contributed by atoms with E-state index in [-0.39, 0.29) is 0 Å². The Bertz CT molecular complexity index is 284. The second kappa shape index (κ2) is 3.76. The Morgan fingerprint density at radius 2 is 2.25 bits per heavy atom. The van der Waals surface area contributed by atoms with Gasteiger partial charge in [0.2, 0.25) is 6.41 Å². The summed E-state index contributed by atoms with van der Waals surface area (Å²) >= 11 is 0. The van der Waals surface area contributed by atoms with Crippen LogP contribution in [0, 0.1) is 6.92 Å². The number of rotatable bonds is 3. The van der Waals surface area contributed by atoms with Crippen LogP contribution in [-0.2, 0) is 4.79 Å². The largest absolute Gasteiger partial charge is 0.496 e. The molecule has 1 aromatic rings. The van der Waals surface area contributed by atoms with E-state index in [1.807, 2.05) is 19.1 Å². The van der Waals surface area contributed by atoms with Crippen LogP contribution in [0.1, 0.15) is 5.56 Å². The average molecular weight is 165 g/mol. The van der Waals surface area contributed by atoms with Crippen LogP contribution in [-0.4, -0.2) is 13.5 Å². The molecule has 12 heavy (non-hydrogen) atoms. The van der Waals surface area contributed by atoms with E-state index >= 15 is 0 Å². The van der Waals surface area contributed by atoms with Gasteiger partial charge in [0.1, 0.15) is 5.75 Å². The van der Waals surface area contributed by atoms with Crippen LogP contribution in [0.3, 0.4) is 0 Å². The standard InChI is InChI=1S/C9H11NO2/c1-7-3-4-8(10-6-11)5-9(7)12-2/h3-6H,1-2H3,(H,10,11). The zero-order valence-corrected chi connectivity index (χ0v) is 7.13. The first-order valence-corrected chi connectivity index (χ1v) is 3.62. The summed E-state index contributed by atoms with van der Waals surface area (Å²) in [5.74, 6) is 0.779. The highest BCUT2D eigenvalue weighted by Crippen LogP contribution is 2.21. The van der Waals surface area contributed by atoms with Crippen LogP contribution in [0.5, 0.6) is 5.75 Å². The van der Waals surface area contributed by atoms with Crippen LogP contribution in [0.2, 0.25) is 0 Å². The van der Waals surface area contributed by atoms with Gasteiger partial charge in [0, 0.05) is 11.8 Å². The van der Waals surface area contributed by atoms with Gasteiger partial charge < -0.3 is 10.1 Å². The van der Waals surface area contributed by atoms with E-state index in [0.29, 0.717) is 6.41 Å². The molecule has 0 heterocycles. The highest BCUT2D eigenvalue weighted by molar-refractivity contribution is 5.72. The number of benzene rings is 1. The van der Waals surface area contributed by atoms with E-state index < -0.39 is 0 Å². The normalized spacial score (nSPS) is 9.17. The predicted octanol–water partition coefficient (Wildman–Crippen LogP) is 1.57. The second-order valence-corrected chi connectivity index (χ2v) is 2.45. The molecule has 1 aromatic carbocycles. The molecule has 1 N–H and O–H groups in total. The topological polar surface area (TPSA) is 38.3 Å². The van der Waals surface area contributed by atoms with Gasteiger partial charge in [-0.2, -0.15) is 0 Å². The molecule has 0 radical (unpaired) electrons. The number of carbonyl (C=O) groups is 1. The van der Waals surface area contributed by atoms with Gasteiger partial charge >= 0.3 is 0 Å². The fourth-order valence-electron chi connectivity index (χ4n) is 0.978. The first-order valence-electron chi connectivity index (χ1n) is 3.62. The van der Waals surface area contributed by atoms with Crippen LogP contribution in [0.4, 0.5) is 5.69 Å². The lowest BCUT2D eigenvalue weighted by molar-refractivity contribution is -0.105. The summed E-state index contributed by atoms with van der Waals surface area (Å²) in [6, 6.07) is 5.50. The number of amides is 1. The van der Waals surface area contributed by atoms with Gasteiger partial charge in [-0.25, -0.2) is 0 Å². The van der Waals surface area contributed by atoms with Gasteiger partial charge in [0.25, 0.3) is 0 Å². The molecule has 3 heteroatoms. The quantitative estimate of drug-likeness (QED) is 0.690. The van der Waals surface area contributed by atoms with Crippen molar-refractivity contribution in [3.8, 4) is 5.75 Å². The Morgan fingerprint density at radius 1 is 1.50 bits per heavy atom. The van der Waals surface area contributed by atoms with Crippen molar-refractivity contribution in [2.75, 3.05) is 12.4 Å². The molecule has 1 amide bonds. The van der Waals surface area contributed by atoms with E-state index in [0.717, 1.165) is 17.0 Å². The van der Waals surface area contributed by atoms with E-state index in [9.17, 15) is 4.79 Å². The highest BCUT2D eigenvalue weighted by Gasteiger charge is 1.98. The summed E-state index contributed by atoms with van der Waals surface area (Å²) < 4.78 is 5.08. The summed E-state index contributed by atoms with van der Waals surface area (Å²) in [6.45, 7) is 1.95. The van der Waals surface area contributed by atoms with Crippen molar-refractivity contribution in [1.82, 2.24) is 0 Å². The Kier molecular flexibility index (Phi) is 2.69. The van der Waals surface area contributed by atoms with Gasteiger partial charge in [0.15, 0.2) is 0 Å². The van der Waals surface area contributed by atoms with Crippen LogP contribution in [0.15, 0.2) is 18.2 Å². The molecule has 0 aliphatic carbocycles. The smallest absolute Gasteiger partial charge is 0.211 e. The first kappa shape index (κ1) is 8.59. The molecule has 0 saturated carbocycles. The first-order chi connectivity index (χ1) is 5.77. The number of nitrogens with one attached hydrogen (secondary N) is 1. The average Bonchev–Trinajstić information content (AvgIpc) is 2.09. The fourth-order valence-corrected chi connectivity index (χ4v) is 0.978. The van der Waals surface area contributed by atoms with Crippen molar-refractivity contribution < 1.29 is 9.53 Å². The third-order valence-corrected chi connectivity index (χ3v) is 1.63. The monoisotopic (exact) mass is 165 g/mol. The molecule has 0 unspecified atom stereocenters. The summed E-state index contributed by atoms with van der Waals surface area (Å²) in [5.41, 5.74) is 1.79. The lowest BCUT2D eigenvalue weighted by Crippen LogP contribution is -1.95. The maximum Gasteiger partial charge on any atom is 0.211 e. The number of methoxy groups -OCH3 is 1. The Morgan fingerprint density at radius 3 is 2.83 bits per heavy atom. The molecule has 0 saturated heterocycles. The van der Waals surface area contributed by atoms with E-state index in [4.69, 9.17) is 4.74 Å². The third kappa shape index (κ3) is 1.75. The Balaban J connectivity index is 2.96. The van der Waals surface area contributed by atoms with Crippen molar-refractivity contribution >= 4 is 12.1 Å². The Hall–Kier alpha value is -1.51. The van der Waals surface area contributed by atoms with Crippen molar-refractivity contribution in [3.63, 3.8) is 0 Å². The van der Waals surface area contributed by atoms with Gasteiger partial charge in [-0.3, -0.25) is 4.79 Å². The minimum Gasteiger partial charge on any atom is -0.496 e. The second-order valence-electron chi connectivity index (χ2n) is 2.45. The summed E-state index contributed by atoms with van der Waals surface area (Å²) in [6.07, 6.45) is 0.643. The fraction of sp³-hybridized carbons (Fsp3) is 0.222. The van der Waals surface area contributed by atoms with E-state index in [1.54, 1.807) is 13.2 Å². The predicted molar refractivity (Wildman–Crippen MR) is 47.4 cm³/mol. The van der Waals surface area contributed by atoms with Crippen molar-refractivity contribution in [2.45, 2.75) is 6.92 Å². The lowest BCUT2D eigenvalue weighted by Gasteiger charge is -2.05. The van der Waals surface area contributed by atoms with Crippen LogP contribution < -0.4 is 10.1 Å². The number of carbonyl (C=O) groups excluding carboxylic acids is 1. The molecule has 64 valence electrons. The molecule has 0 atom stereocenters. The maximum absolute atomic E-state index is 10.1. The molecule has 0 aromatic heterocycles. The maximum atomic E-state index is 10.1. The molecular weight excluding hydrogens is 154 g/mol. The minimum atomic E-state index is 0.643. The van der Waals surface area contributed by atoms with Gasteiger partial charge in [-0.1, -0.05) is 6.07 Å². The molecule has 0 bridgehead atoms. The van der Waals surface area contributed by atoms with Crippen LogP contribution >= 0.6 is 0 Å². The molecule has 0 spiro atoms. The zero-order valence-electron chi connectivity index (χ0n) is 7.13. The molecule has 3 nitrogen and oxygen atoms in total. The number of hydrogen-bond acceptors (Lipinski definition) is 2. The number of aryl methyl sites for hydroxylation is 1. The van der Waals surface area contributed by atoms with Gasteiger partial charge in [-0.15, -0.1) is 0 Å². The summed E-state index contributed by atoms with van der Waals surface area (Å²) in [5, 5.41) is 2.55. The summed E-state index contributed by atoms with van der Waals surface area (Å²) in [7, 11) is 1.60. The molecule has 1 rings (SSSR count). The van der Waals surface area contributed by atoms with Gasteiger partial charge in [0.05, 0.1) is 7.11 Å². The number of anilines is 1. The summed E-state index contributed by atoms with van der Waals surface area (Å²) in [4.78, 5) is 10.1. The highest BCUT2D eigenvalue weighted by atomic mass is 16.5. The van der Waals surface area contributed by atoms with E-state index in [2.05, 4.69) is 5.32 Å². The Labute approximate surface area is 71.4 Å². The van der Waals surface area contributed by atoms with Crippen molar-refractivity contribution in [2.24, 2.45) is 0 Å². The number of hydrogen-bond donors (Lipinski definition) is 1. The third-order valence-electron chi connectivity index (χ3n) is 1.63. The van der Waals surface area contributed by atoms with Crippen molar-refractivity contribution in [1.29, 1.82) is 0 Å². The molecule has 0 aliphatic heterocycles. The lowest BCUT2D eigenvalue weighted by atomic mass is 10.2. The zero-order chi connectivity index (χ0) is 8.97. The number of ether oxygens (including phenoxy) is 1. The minimum absolute atomic E-state index is 0.643.